The first kappa shape index (κ1) is 42.6. The minimum atomic E-state index is -3.74. The number of ether oxygens (including phenoxy) is 2. The number of amides is 1. The number of nitrogen functional groups attached to an aromatic ring is 1. The lowest BCUT2D eigenvalue weighted by atomic mass is 10.2. The molecule has 0 saturated carbocycles. The maximum atomic E-state index is 13.4. The molecule has 1 amide bonds. The normalized spacial score (nSPS) is 18.0. The summed E-state index contributed by atoms with van der Waals surface area (Å²) in [5.74, 6) is -0.210. The molecule has 13 nitrogen and oxygen atoms in total. The molecule has 1 saturated heterocycles. The summed E-state index contributed by atoms with van der Waals surface area (Å²) in [4.78, 5) is 39.7. The number of thioether (sulfide) groups is 1. The Morgan fingerprint density at radius 3 is 2.16 bits per heavy atom. The number of rotatable bonds is 25. The van der Waals surface area contributed by atoms with E-state index in [-0.39, 0.29) is 38.0 Å². The molecule has 0 radical (unpaired) electrons. The van der Waals surface area contributed by atoms with E-state index in [9.17, 15) is 18.9 Å². The van der Waals surface area contributed by atoms with Crippen molar-refractivity contribution in [1.82, 2.24) is 25.0 Å². The van der Waals surface area contributed by atoms with Crippen molar-refractivity contribution in [1.29, 1.82) is 0 Å². The van der Waals surface area contributed by atoms with Gasteiger partial charge in [-0.05, 0) is 51.0 Å². The lowest BCUT2D eigenvalue weighted by Gasteiger charge is -2.22. The van der Waals surface area contributed by atoms with Gasteiger partial charge >= 0.3 is 19.3 Å². The second-order valence-corrected chi connectivity index (χ2v) is 14.1. The predicted molar refractivity (Wildman–Crippen MR) is 201 cm³/mol. The van der Waals surface area contributed by atoms with E-state index in [0.717, 1.165) is 38.5 Å². The molecule has 3 atom stereocenters. The van der Waals surface area contributed by atoms with Crippen LogP contribution >= 0.6 is 19.4 Å². The van der Waals surface area contributed by atoms with Crippen molar-refractivity contribution in [3.05, 3.63) is 95.7 Å². The fourth-order valence-electron chi connectivity index (χ4n) is 4.22. The maximum absolute atomic E-state index is 13.4. The van der Waals surface area contributed by atoms with Crippen molar-refractivity contribution in [3.8, 4) is 0 Å². The number of nitrogens with zero attached hydrogens (tertiary/aromatic N) is 2. The lowest BCUT2D eigenvalue weighted by molar-refractivity contribution is -0.139. The Morgan fingerprint density at radius 2 is 1.58 bits per heavy atom. The number of nitrogens with one attached hydrogen (secondary N) is 3. The van der Waals surface area contributed by atoms with Crippen molar-refractivity contribution in [2.45, 2.75) is 70.0 Å². The van der Waals surface area contributed by atoms with E-state index in [0.29, 0.717) is 18.6 Å². The molecule has 50 heavy (non-hydrogen) atoms. The van der Waals surface area contributed by atoms with Crippen LogP contribution in [0.2, 0.25) is 0 Å². The molecule has 2 heterocycles. The predicted octanol–water partition coefficient (Wildman–Crippen LogP) is 5.48. The number of hydrogen-bond acceptors (Lipinski definition) is 10. The maximum Gasteiger partial charge on any atom is 0.351 e. The molecule has 276 valence electrons. The zero-order valence-electron chi connectivity index (χ0n) is 29.1. The summed E-state index contributed by atoms with van der Waals surface area (Å²) in [7, 11) is -2.52. The number of carbonyl (C=O) groups excluding carboxylic acids is 2. The standard InChI is InChI=1S/C35H53N6O7PS/c1-3-4-5-6-7-8-9-10-11-12-13-14-15-16-17-18-19-20-21-22-31(42)37-24-25-38-49(45,39-27-33(43)46-2)47-28-34-48-32(29-50-34)41-26-23-30(36)40-35(41)44/h4-5,7-8,10-11,13-14,16-17,19-20,23,26,32,34H,3,6,9,12,15,18,21-22,24-25,27-29H2,1-2H3,(H,37,42)(H2,36,40,44)(H2,38,39,45)/b5-4-,8-7-,11-10-,14-13-,17-16-,20-19-/t32-,34+,49?/m0/s1. The highest BCUT2D eigenvalue weighted by Gasteiger charge is 2.32. The Kier molecular flexibility index (Phi) is 22.4. The minimum absolute atomic E-state index is 0.102. The Bertz CT molecular complexity index is 1440. The van der Waals surface area contributed by atoms with Crippen LogP contribution in [0.25, 0.3) is 0 Å². The number of esters is 1. The van der Waals surface area contributed by atoms with Crippen molar-refractivity contribution in [2.75, 3.05) is 44.8 Å². The average molecular weight is 733 g/mol. The summed E-state index contributed by atoms with van der Waals surface area (Å²) in [6, 6.07) is 1.50. The van der Waals surface area contributed by atoms with Crippen LogP contribution in [0.5, 0.6) is 0 Å². The molecule has 0 spiro atoms. The molecule has 1 unspecified atom stereocenters. The molecule has 2 rings (SSSR count). The van der Waals surface area contributed by atoms with E-state index in [1.54, 1.807) is 0 Å². The van der Waals surface area contributed by atoms with Gasteiger partial charge in [-0.3, -0.25) is 18.7 Å². The molecule has 15 heteroatoms. The molecule has 1 aromatic heterocycles. The summed E-state index contributed by atoms with van der Waals surface area (Å²) in [5.41, 5.74) is 4.48. The molecular weight excluding hydrogens is 679 g/mol. The SMILES string of the molecule is CC/C=C\C/C=C\C/C=C\C/C=C\C/C=C\C/C=C\CCC(=O)NCCNP(=O)(NCC(=O)OC)OC[C@@H]1O[C@H](n2ccc(N)nc2=O)CS1. The Hall–Kier alpha value is -3.52. The number of carbonyl (C=O) groups is 2. The topological polar surface area (TPSA) is 176 Å². The van der Waals surface area contributed by atoms with E-state index < -0.39 is 31.0 Å². The average Bonchev–Trinajstić information content (AvgIpc) is 3.58. The summed E-state index contributed by atoms with van der Waals surface area (Å²) >= 11 is 1.37. The van der Waals surface area contributed by atoms with E-state index in [4.69, 9.17) is 15.0 Å². The minimum Gasteiger partial charge on any atom is -0.468 e. The monoisotopic (exact) mass is 732 g/mol. The third kappa shape index (κ3) is 19.6. The highest BCUT2D eigenvalue weighted by atomic mass is 32.2. The molecule has 1 fully saturated rings. The Balaban J connectivity index is 1.60. The van der Waals surface area contributed by atoms with Crippen LogP contribution in [0, 0.1) is 0 Å². The van der Waals surface area contributed by atoms with E-state index >= 15 is 0 Å². The molecule has 1 aliphatic rings. The number of allylic oxidation sites excluding steroid dienone is 12. The summed E-state index contributed by atoms with van der Waals surface area (Å²) < 4.78 is 30.8. The number of aromatic nitrogens is 2. The van der Waals surface area contributed by atoms with Crippen LogP contribution in [-0.4, -0.2) is 66.0 Å². The van der Waals surface area contributed by atoms with Gasteiger partial charge in [0.2, 0.25) is 5.91 Å². The molecular formula is C35H53N6O7PS. The van der Waals surface area contributed by atoms with Gasteiger partial charge in [0.15, 0.2) is 0 Å². The van der Waals surface area contributed by atoms with Crippen molar-refractivity contribution in [3.63, 3.8) is 0 Å². The smallest absolute Gasteiger partial charge is 0.351 e. The molecule has 0 aromatic carbocycles. The molecule has 1 aliphatic heterocycles. The van der Waals surface area contributed by atoms with E-state index in [2.05, 4.69) is 92.9 Å². The molecule has 1 aromatic rings. The first-order valence-corrected chi connectivity index (χ1v) is 19.5. The van der Waals surface area contributed by atoms with Crippen LogP contribution in [0.1, 0.15) is 64.5 Å². The summed E-state index contributed by atoms with van der Waals surface area (Å²) in [5, 5.41) is 8.12. The number of hydrogen-bond donors (Lipinski definition) is 4. The summed E-state index contributed by atoms with van der Waals surface area (Å²) in [6.45, 7) is 1.99. The van der Waals surface area contributed by atoms with E-state index in [1.807, 2.05) is 12.2 Å². The molecule has 0 bridgehead atoms. The zero-order valence-corrected chi connectivity index (χ0v) is 30.8. The largest absolute Gasteiger partial charge is 0.468 e. The fraction of sp³-hybridized carbons (Fsp3) is 0.486. The van der Waals surface area contributed by atoms with E-state index in [1.165, 1.54) is 35.7 Å². The van der Waals surface area contributed by atoms with Gasteiger partial charge in [0.25, 0.3) is 0 Å². The lowest BCUT2D eigenvalue weighted by Crippen LogP contribution is -2.35. The first-order valence-electron chi connectivity index (χ1n) is 16.9. The highest BCUT2D eigenvalue weighted by Crippen LogP contribution is 2.40. The van der Waals surface area contributed by atoms with Gasteiger partial charge in [0, 0.05) is 31.5 Å². The fourth-order valence-corrected chi connectivity index (χ4v) is 6.70. The van der Waals surface area contributed by atoms with Gasteiger partial charge in [-0.15, -0.1) is 11.8 Å². The number of anilines is 1. The third-order valence-corrected chi connectivity index (χ3v) is 9.67. The van der Waals surface area contributed by atoms with Gasteiger partial charge in [0.05, 0.1) is 13.7 Å². The molecule has 5 N–H and O–H groups in total. The highest BCUT2D eigenvalue weighted by molar-refractivity contribution is 8.00. The van der Waals surface area contributed by atoms with Crippen molar-refractivity contribution in [2.24, 2.45) is 0 Å². The first-order chi connectivity index (χ1) is 24.3. The van der Waals surface area contributed by atoms with Gasteiger partial charge < -0.3 is 25.0 Å². The van der Waals surface area contributed by atoms with Gasteiger partial charge in [0.1, 0.15) is 24.0 Å². The Morgan fingerprint density at radius 1 is 0.980 bits per heavy atom. The quantitative estimate of drug-likeness (QED) is 0.0432. The Labute approximate surface area is 300 Å². The van der Waals surface area contributed by atoms with Gasteiger partial charge in [-0.2, -0.15) is 4.98 Å². The third-order valence-electron chi connectivity index (χ3n) is 6.85. The van der Waals surface area contributed by atoms with Crippen LogP contribution in [0.4, 0.5) is 5.82 Å². The zero-order chi connectivity index (χ0) is 36.3. The van der Waals surface area contributed by atoms with Crippen LogP contribution in [0.15, 0.2) is 90.0 Å². The van der Waals surface area contributed by atoms with Gasteiger partial charge in [-0.25, -0.2) is 15.0 Å². The second kappa shape index (κ2) is 26.3. The van der Waals surface area contributed by atoms with Crippen molar-refractivity contribution < 1.29 is 28.2 Å². The van der Waals surface area contributed by atoms with Crippen LogP contribution < -0.4 is 26.9 Å². The van der Waals surface area contributed by atoms with Crippen LogP contribution in [-0.2, 0) is 28.2 Å². The summed E-state index contributed by atoms with van der Waals surface area (Å²) in [6.07, 6.45) is 33.1. The van der Waals surface area contributed by atoms with Crippen molar-refractivity contribution >= 4 is 37.1 Å². The number of methoxy groups -OCH3 is 1. The van der Waals surface area contributed by atoms with Gasteiger partial charge in [-0.1, -0.05) is 79.8 Å². The second-order valence-electron chi connectivity index (χ2n) is 10.9. The molecule has 0 aliphatic carbocycles. The van der Waals surface area contributed by atoms with Crippen LogP contribution in [0.3, 0.4) is 0 Å². The number of nitrogens with two attached hydrogens (primary N) is 1.